The van der Waals surface area contributed by atoms with Crippen LogP contribution < -0.4 is 0 Å². The molecule has 0 bridgehead atoms. The summed E-state index contributed by atoms with van der Waals surface area (Å²) in [5.41, 5.74) is 0. The molecule has 0 saturated heterocycles. The minimum Gasteiger partial charge on any atom is -0.167 e. The third-order valence-electron chi connectivity index (χ3n) is 2.16. The molecule has 116 valence electrons. The van der Waals surface area contributed by atoms with Crippen molar-refractivity contribution in [3.05, 3.63) is 12.2 Å². The Morgan fingerprint density at radius 2 is 0.684 bits per heavy atom. The van der Waals surface area contributed by atoms with Crippen molar-refractivity contribution in [2.24, 2.45) is 0 Å². The molecule has 0 atom stereocenters. The molecular weight excluding hydrogens is 275 g/mol. The van der Waals surface area contributed by atoms with Crippen LogP contribution in [0, 0.1) is 0 Å². The van der Waals surface area contributed by atoms with Gasteiger partial charge in [-0.15, -0.1) is 0 Å². The summed E-state index contributed by atoms with van der Waals surface area (Å²) in [6, 6.07) is 0. The van der Waals surface area contributed by atoms with E-state index in [1.165, 1.54) is 0 Å². The van der Waals surface area contributed by atoms with Gasteiger partial charge in [-0.05, 0) is 15.5 Å². The molecule has 0 unspecified atom stereocenters. The Hall–Kier alpha value is -0.110. The molecule has 0 N–H and O–H groups in total. The lowest BCUT2D eigenvalue weighted by atomic mass is 10.2. The van der Waals surface area contributed by atoms with Crippen LogP contribution in [0.15, 0.2) is 12.2 Å². The zero-order valence-corrected chi connectivity index (χ0v) is 14.4. The fourth-order valence-corrected chi connectivity index (χ4v) is 9.06. The number of halogens is 4. The van der Waals surface area contributed by atoms with E-state index in [-0.39, 0.29) is 7.92 Å². The summed E-state index contributed by atoms with van der Waals surface area (Å²) < 4.78 is 41.1. The SMILES string of the molecule is CC(C)(C)P(C(C)(C)C)C(C)(C)C.FC(F)=C(F)F. The molecule has 0 aromatic carbocycles. The lowest BCUT2D eigenvalue weighted by Crippen LogP contribution is -2.34. The lowest BCUT2D eigenvalue weighted by molar-refractivity contribution is 0.308. The maximum atomic E-state index is 10.3. The summed E-state index contributed by atoms with van der Waals surface area (Å²) in [5.74, 6) is 0. The summed E-state index contributed by atoms with van der Waals surface area (Å²) in [4.78, 5) is 0. The highest BCUT2D eigenvalue weighted by Gasteiger charge is 2.41. The summed E-state index contributed by atoms with van der Waals surface area (Å²) in [5, 5.41) is 1.35. The van der Waals surface area contributed by atoms with Gasteiger partial charge in [0.2, 0.25) is 0 Å². The monoisotopic (exact) mass is 302 g/mol. The Balaban J connectivity index is 0. The molecule has 0 aliphatic carbocycles. The van der Waals surface area contributed by atoms with E-state index in [0.717, 1.165) is 0 Å². The van der Waals surface area contributed by atoms with E-state index in [0.29, 0.717) is 15.5 Å². The standard InChI is InChI=1S/C12H27P.C2F4/c1-10(2,3)13(11(4,5)6)12(7,8)9;3-1(4)2(5)6/h1-9H3;. The smallest absolute Gasteiger partial charge is 0.167 e. The molecule has 0 heterocycles. The molecule has 0 saturated carbocycles. The Morgan fingerprint density at radius 3 is 0.684 bits per heavy atom. The van der Waals surface area contributed by atoms with E-state index in [1.54, 1.807) is 0 Å². The van der Waals surface area contributed by atoms with Crippen LogP contribution in [-0.4, -0.2) is 15.5 Å². The molecule has 19 heavy (non-hydrogen) atoms. The molecule has 5 heteroatoms. The highest BCUT2D eigenvalue weighted by Crippen LogP contribution is 2.66. The second-order valence-corrected chi connectivity index (χ2v) is 12.1. The molecule has 0 aliphatic rings. The first-order chi connectivity index (χ1) is 8.01. The Morgan fingerprint density at radius 1 is 0.526 bits per heavy atom. The predicted molar refractivity (Wildman–Crippen MR) is 77.6 cm³/mol. The number of rotatable bonds is 0. The molecule has 0 aromatic heterocycles. The molecule has 0 radical (unpaired) electrons. The van der Waals surface area contributed by atoms with Crippen LogP contribution in [0.4, 0.5) is 17.6 Å². The average molecular weight is 302 g/mol. The maximum absolute atomic E-state index is 10.3. The van der Waals surface area contributed by atoms with E-state index >= 15 is 0 Å². The van der Waals surface area contributed by atoms with Gasteiger partial charge in [-0.2, -0.15) is 17.6 Å². The Kier molecular flexibility index (Phi) is 7.87. The van der Waals surface area contributed by atoms with E-state index < -0.39 is 12.2 Å². The molecule has 0 nitrogen and oxygen atoms in total. The average Bonchev–Trinajstić information content (AvgIpc) is 1.93. The van der Waals surface area contributed by atoms with Crippen molar-refractivity contribution in [3.63, 3.8) is 0 Å². The first-order valence-electron chi connectivity index (χ1n) is 6.18. The Labute approximate surface area is 116 Å². The van der Waals surface area contributed by atoms with Crippen LogP contribution in [0.1, 0.15) is 62.3 Å². The van der Waals surface area contributed by atoms with Gasteiger partial charge >= 0.3 is 12.2 Å². The zero-order valence-electron chi connectivity index (χ0n) is 13.5. The number of hydrogen-bond acceptors (Lipinski definition) is 0. The third-order valence-corrected chi connectivity index (χ3v) is 6.18. The van der Waals surface area contributed by atoms with Crippen molar-refractivity contribution in [3.8, 4) is 0 Å². The quantitative estimate of drug-likeness (QED) is 0.339. The van der Waals surface area contributed by atoms with Crippen LogP contribution in [-0.2, 0) is 0 Å². The minimum atomic E-state index is -2.91. The van der Waals surface area contributed by atoms with Gasteiger partial charge < -0.3 is 0 Å². The third kappa shape index (κ3) is 9.43. The molecule has 0 spiro atoms. The highest BCUT2D eigenvalue weighted by atomic mass is 31.1. The second-order valence-electron chi connectivity index (χ2n) is 7.37. The van der Waals surface area contributed by atoms with Gasteiger partial charge in [0.25, 0.3) is 0 Å². The fraction of sp³-hybridized carbons (Fsp3) is 0.857. The van der Waals surface area contributed by atoms with Gasteiger partial charge in [-0.25, -0.2) is 0 Å². The van der Waals surface area contributed by atoms with Crippen molar-refractivity contribution in [1.82, 2.24) is 0 Å². The summed E-state index contributed by atoms with van der Waals surface area (Å²) >= 11 is 0. The lowest BCUT2D eigenvalue weighted by Gasteiger charge is -2.49. The minimum absolute atomic E-state index is 0.0162. The molecule has 0 aliphatic heterocycles. The molecule has 0 fully saturated rings. The van der Waals surface area contributed by atoms with Crippen LogP contribution in [0.3, 0.4) is 0 Å². The van der Waals surface area contributed by atoms with E-state index in [9.17, 15) is 17.6 Å². The van der Waals surface area contributed by atoms with Crippen molar-refractivity contribution in [2.75, 3.05) is 0 Å². The first-order valence-corrected chi connectivity index (χ1v) is 7.52. The highest BCUT2D eigenvalue weighted by molar-refractivity contribution is 7.62. The first kappa shape index (κ1) is 21.2. The van der Waals surface area contributed by atoms with Gasteiger partial charge in [0.05, 0.1) is 0 Å². The topological polar surface area (TPSA) is 0 Å². The van der Waals surface area contributed by atoms with Crippen molar-refractivity contribution in [1.29, 1.82) is 0 Å². The van der Waals surface area contributed by atoms with Crippen LogP contribution in [0.5, 0.6) is 0 Å². The van der Waals surface area contributed by atoms with Crippen LogP contribution >= 0.6 is 7.92 Å². The van der Waals surface area contributed by atoms with Crippen LogP contribution in [0.25, 0.3) is 0 Å². The van der Waals surface area contributed by atoms with Crippen molar-refractivity contribution >= 4 is 7.92 Å². The zero-order chi connectivity index (χ0) is 16.2. The summed E-state index contributed by atoms with van der Waals surface area (Å²) in [7, 11) is 0.0162. The second kappa shape index (κ2) is 7.06. The van der Waals surface area contributed by atoms with Crippen LogP contribution in [0.2, 0.25) is 0 Å². The fourth-order valence-electron chi connectivity index (χ4n) is 3.02. The number of hydrogen-bond donors (Lipinski definition) is 0. The van der Waals surface area contributed by atoms with Gasteiger partial charge in [-0.3, -0.25) is 0 Å². The van der Waals surface area contributed by atoms with Gasteiger partial charge in [-0.1, -0.05) is 70.2 Å². The predicted octanol–water partition coefficient (Wildman–Crippen LogP) is 6.85. The molecule has 0 amide bonds. The van der Waals surface area contributed by atoms with E-state index in [4.69, 9.17) is 0 Å². The molecule has 0 rings (SSSR count). The van der Waals surface area contributed by atoms with Gasteiger partial charge in [0, 0.05) is 0 Å². The van der Waals surface area contributed by atoms with E-state index in [2.05, 4.69) is 62.3 Å². The van der Waals surface area contributed by atoms with E-state index in [1.807, 2.05) is 0 Å². The van der Waals surface area contributed by atoms with Gasteiger partial charge in [0.1, 0.15) is 0 Å². The summed E-state index contributed by atoms with van der Waals surface area (Å²) in [6.45, 7) is 21.5. The largest absolute Gasteiger partial charge is 0.334 e. The Bertz CT molecular complexity index is 252. The molecular formula is C14H27F4P. The van der Waals surface area contributed by atoms with Crippen molar-refractivity contribution in [2.45, 2.75) is 77.8 Å². The summed E-state index contributed by atoms with van der Waals surface area (Å²) in [6.07, 6.45) is -5.81. The molecule has 0 aromatic rings. The maximum Gasteiger partial charge on any atom is 0.334 e. The van der Waals surface area contributed by atoms with Crippen molar-refractivity contribution < 1.29 is 17.6 Å². The van der Waals surface area contributed by atoms with Gasteiger partial charge in [0.15, 0.2) is 0 Å². The normalized spacial score (nSPS) is 12.9.